The zero-order chi connectivity index (χ0) is 33.3. The van der Waals surface area contributed by atoms with Gasteiger partial charge in [0.05, 0.1) is 16.6 Å². The van der Waals surface area contributed by atoms with E-state index in [9.17, 15) is 9.90 Å². The highest BCUT2D eigenvalue weighted by Crippen LogP contribution is 2.25. The molecule has 0 saturated carbocycles. The number of fused-ring (bicyclic) bond motifs is 1. The highest BCUT2D eigenvalue weighted by atomic mass is 16.3. The minimum Gasteiger partial charge on any atom is -0.507 e. The SMILES string of the molecule is CC.CC.Cc1cc(C#Cc2ccc(C(C)(C)C)cc2)ccc1-n1c(/C=C/c2cc(C)c(O)c(C)c2)nc2ccccc2c1=O. The monoisotopic (exact) mass is 598 g/mol. The highest BCUT2D eigenvalue weighted by Gasteiger charge is 2.14. The molecule has 0 unspecified atom stereocenters. The molecule has 0 amide bonds. The Morgan fingerprint density at radius 2 is 1.31 bits per heavy atom. The molecule has 1 aromatic heterocycles. The number of aromatic hydroxyl groups is 1. The van der Waals surface area contributed by atoms with E-state index in [1.165, 1.54) is 5.56 Å². The molecule has 0 fully saturated rings. The van der Waals surface area contributed by atoms with Crippen LogP contribution < -0.4 is 5.56 Å². The molecule has 0 aliphatic carbocycles. The molecule has 5 aromatic rings. The van der Waals surface area contributed by atoms with E-state index in [0.717, 1.165) is 39.1 Å². The Morgan fingerprint density at radius 3 is 1.91 bits per heavy atom. The number of hydrogen-bond donors (Lipinski definition) is 1. The third kappa shape index (κ3) is 8.19. The van der Waals surface area contributed by atoms with Crippen molar-refractivity contribution < 1.29 is 5.11 Å². The van der Waals surface area contributed by atoms with Crippen LogP contribution in [0.25, 0.3) is 28.7 Å². The fourth-order valence-corrected chi connectivity index (χ4v) is 4.93. The Hall–Kier alpha value is -4.88. The van der Waals surface area contributed by atoms with Gasteiger partial charge >= 0.3 is 0 Å². The van der Waals surface area contributed by atoms with Gasteiger partial charge < -0.3 is 5.11 Å². The van der Waals surface area contributed by atoms with Crippen molar-refractivity contribution in [3.8, 4) is 23.3 Å². The molecule has 0 bridgehead atoms. The number of aromatic nitrogens is 2. The zero-order valence-corrected chi connectivity index (χ0v) is 28.4. The summed E-state index contributed by atoms with van der Waals surface area (Å²) in [5.74, 6) is 7.36. The molecule has 1 N–H and O–H groups in total. The van der Waals surface area contributed by atoms with Crippen LogP contribution in [0.1, 0.15) is 93.2 Å². The fraction of sp³-hybridized carbons (Fsp3) is 0.268. The maximum absolute atomic E-state index is 13.8. The summed E-state index contributed by atoms with van der Waals surface area (Å²) in [6.45, 7) is 20.3. The lowest BCUT2D eigenvalue weighted by Crippen LogP contribution is -2.23. The molecule has 5 rings (SSSR count). The molecule has 0 atom stereocenters. The van der Waals surface area contributed by atoms with Crippen LogP contribution in [0.4, 0.5) is 0 Å². The standard InChI is InChI=1S/C37H34N2O2.2C2H6/c1-24-21-28(12-11-27-13-17-30(18-14-27)37(4,5)6)15-19-33(24)39-34(38-32-10-8-7-9-31(32)36(39)41)20-16-29-22-25(2)35(40)26(3)23-29;2*1-2/h7-10,13-23,40H,1-6H3;2*1-2H3/b20-16+;;. The van der Waals surface area contributed by atoms with Gasteiger partial charge in [0.25, 0.3) is 5.56 Å². The second kappa shape index (κ2) is 15.2. The first-order valence-corrected chi connectivity index (χ1v) is 15.7. The van der Waals surface area contributed by atoms with Gasteiger partial charge in [0, 0.05) is 11.1 Å². The Balaban J connectivity index is 0.00000133. The summed E-state index contributed by atoms with van der Waals surface area (Å²) in [7, 11) is 0. The molecule has 0 saturated heterocycles. The van der Waals surface area contributed by atoms with Gasteiger partial charge in [0.15, 0.2) is 0 Å². The van der Waals surface area contributed by atoms with E-state index >= 15 is 0 Å². The molecule has 0 radical (unpaired) electrons. The van der Waals surface area contributed by atoms with Gasteiger partial charge in [-0.1, -0.05) is 90.6 Å². The molecular formula is C41H46N2O2. The van der Waals surface area contributed by atoms with Crippen LogP contribution in [0.15, 0.2) is 83.7 Å². The minimum absolute atomic E-state index is 0.102. The first kappa shape index (κ1) is 34.6. The summed E-state index contributed by atoms with van der Waals surface area (Å²) >= 11 is 0. The van der Waals surface area contributed by atoms with Crippen molar-refractivity contribution in [1.29, 1.82) is 0 Å². The van der Waals surface area contributed by atoms with E-state index in [-0.39, 0.29) is 11.0 Å². The summed E-state index contributed by atoms with van der Waals surface area (Å²) in [5, 5.41) is 10.7. The lowest BCUT2D eigenvalue weighted by molar-refractivity contribution is 0.467. The summed E-state index contributed by atoms with van der Waals surface area (Å²) in [4.78, 5) is 18.6. The molecular weight excluding hydrogens is 552 g/mol. The molecule has 4 nitrogen and oxygen atoms in total. The number of aryl methyl sites for hydroxylation is 3. The van der Waals surface area contributed by atoms with E-state index in [1.54, 1.807) is 4.57 Å². The van der Waals surface area contributed by atoms with Gasteiger partial charge in [0.2, 0.25) is 0 Å². The van der Waals surface area contributed by atoms with Crippen LogP contribution in [-0.4, -0.2) is 14.7 Å². The fourth-order valence-electron chi connectivity index (χ4n) is 4.93. The van der Waals surface area contributed by atoms with E-state index in [0.29, 0.717) is 22.5 Å². The van der Waals surface area contributed by atoms with Crippen molar-refractivity contribution >= 4 is 23.1 Å². The van der Waals surface area contributed by atoms with E-state index in [1.807, 2.05) is 115 Å². The predicted octanol–water partition coefficient (Wildman–Crippen LogP) is 9.94. The maximum atomic E-state index is 13.8. The quantitative estimate of drug-likeness (QED) is 0.210. The second-order valence-corrected chi connectivity index (χ2v) is 11.5. The van der Waals surface area contributed by atoms with Crippen LogP contribution in [0, 0.1) is 32.6 Å². The normalized spacial score (nSPS) is 10.8. The molecule has 45 heavy (non-hydrogen) atoms. The van der Waals surface area contributed by atoms with Gasteiger partial charge in [-0.15, -0.1) is 0 Å². The third-order valence-electron chi connectivity index (χ3n) is 7.28. The number of para-hydroxylation sites is 1. The predicted molar refractivity (Wildman–Crippen MR) is 192 cm³/mol. The van der Waals surface area contributed by atoms with E-state index in [2.05, 4.69) is 56.9 Å². The Morgan fingerprint density at radius 1 is 0.733 bits per heavy atom. The minimum atomic E-state index is -0.130. The summed E-state index contributed by atoms with van der Waals surface area (Å²) in [5.41, 5.74) is 7.92. The van der Waals surface area contributed by atoms with Gasteiger partial charge in [-0.3, -0.25) is 9.36 Å². The van der Waals surface area contributed by atoms with Crippen LogP contribution in [0.2, 0.25) is 0 Å². The van der Waals surface area contributed by atoms with Crippen molar-refractivity contribution in [2.45, 2.75) is 74.7 Å². The lowest BCUT2D eigenvalue weighted by Gasteiger charge is -2.18. The molecule has 4 aromatic carbocycles. The molecule has 4 heteroatoms. The Bertz CT molecular complexity index is 1900. The van der Waals surface area contributed by atoms with E-state index < -0.39 is 0 Å². The number of hydrogen-bond acceptors (Lipinski definition) is 3. The number of phenolic OH excluding ortho intramolecular Hbond substituents is 1. The molecule has 232 valence electrons. The van der Waals surface area contributed by atoms with Crippen molar-refractivity contribution in [2.75, 3.05) is 0 Å². The van der Waals surface area contributed by atoms with Gasteiger partial charge in [0.1, 0.15) is 11.6 Å². The second-order valence-electron chi connectivity index (χ2n) is 11.5. The van der Waals surface area contributed by atoms with Gasteiger partial charge in [-0.25, -0.2) is 4.98 Å². The lowest BCUT2D eigenvalue weighted by atomic mass is 9.87. The maximum Gasteiger partial charge on any atom is 0.266 e. The number of benzene rings is 4. The Labute approximate surface area is 269 Å². The number of nitrogens with zero attached hydrogens (tertiary/aromatic N) is 2. The number of rotatable bonds is 3. The molecule has 0 aliphatic rings. The van der Waals surface area contributed by atoms with Crippen molar-refractivity contribution in [3.05, 3.63) is 134 Å². The topological polar surface area (TPSA) is 55.1 Å². The first-order chi connectivity index (χ1) is 21.5. The summed E-state index contributed by atoms with van der Waals surface area (Å²) < 4.78 is 1.66. The molecule has 0 spiro atoms. The van der Waals surface area contributed by atoms with Crippen LogP contribution in [-0.2, 0) is 5.41 Å². The largest absolute Gasteiger partial charge is 0.507 e. The van der Waals surface area contributed by atoms with Gasteiger partial charge in [-0.05, 0) is 115 Å². The average molecular weight is 599 g/mol. The van der Waals surface area contributed by atoms with Crippen LogP contribution >= 0.6 is 0 Å². The van der Waals surface area contributed by atoms with Crippen LogP contribution in [0.3, 0.4) is 0 Å². The van der Waals surface area contributed by atoms with Crippen LogP contribution in [0.5, 0.6) is 5.75 Å². The van der Waals surface area contributed by atoms with Crippen molar-refractivity contribution in [2.24, 2.45) is 0 Å². The van der Waals surface area contributed by atoms with E-state index in [4.69, 9.17) is 4.98 Å². The van der Waals surface area contributed by atoms with Crippen molar-refractivity contribution in [1.82, 2.24) is 9.55 Å². The first-order valence-electron chi connectivity index (χ1n) is 15.7. The average Bonchev–Trinajstić information content (AvgIpc) is 3.04. The van der Waals surface area contributed by atoms with Gasteiger partial charge in [-0.2, -0.15) is 0 Å². The smallest absolute Gasteiger partial charge is 0.266 e. The highest BCUT2D eigenvalue weighted by molar-refractivity contribution is 5.80. The third-order valence-corrected chi connectivity index (χ3v) is 7.28. The summed E-state index contributed by atoms with van der Waals surface area (Å²) in [6, 6.07) is 25.5. The Kier molecular flexibility index (Phi) is 11.7. The summed E-state index contributed by atoms with van der Waals surface area (Å²) in [6.07, 6.45) is 3.78. The molecule has 0 aliphatic heterocycles. The van der Waals surface area contributed by atoms with Crippen molar-refractivity contribution in [3.63, 3.8) is 0 Å². The molecule has 1 heterocycles. The number of phenols is 1. The zero-order valence-electron chi connectivity index (χ0n) is 28.4.